The van der Waals surface area contributed by atoms with Crippen molar-refractivity contribution in [1.82, 2.24) is 5.32 Å². The van der Waals surface area contributed by atoms with Crippen LogP contribution in [0, 0.1) is 0 Å². The molecule has 1 aliphatic carbocycles. The summed E-state index contributed by atoms with van der Waals surface area (Å²) in [6.45, 7) is 5.93. The maximum absolute atomic E-state index is 3.85. The van der Waals surface area contributed by atoms with Gasteiger partial charge in [0.05, 0.1) is 0 Å². The van der Waals surface area contributed by atoms with Crippen LogP contribution in [0.5, 0.6) is 0 Å². The highest BCUT2D eigenvalue weighted by atomic mass is 32.2. The zero-order valence-electron chi connectivity index (χ0n) is 12.5. The molecule has 3 rings (SSSR count). The Kier molecular flexibility index (Phi) is 4.68. The lowest BCUT2D eigenvalue weighted by Gasteiger charge is -2.38. The molecule has 1 aromatic rings. The summed E-state index contributed by atoms with van der Waals surface area (Å²) in [4.78, 5) is 0. The highest BCUT2D eigenvalue weighted by Gasteiger charge is 2.32. The second-order valence-corrected chi connectivity index (χ2v) is 9.10. The molecule has 2 unspecified atom stereocenters. The lowest BCUT2D eigenvalue weighted by atomic mass is 9.71. The third-order valence-corrected chi connectivity index (χ3v) is 7.45. The van der Waals surface area contributed by atoms with Gasteiger partial charge in [-0.2, -0.15) is 23.5 Å². The molecule has 0 saturated carbocycles. The van der Waals surface area contributed by atoms with Gasteiger partial charge in [0.2, 0.25) is 0 Å². The van der Waals surface area contributed by atoms with E-state index in [0.29, 0.717) is 11.5 Å². The zero-order chi connectivity index (χ0) is 14.0. The number of hydrogen-bond acceptors (Lipinski definition) is 3. The first kappa shape index (κ1) is 14.8. The van der Waals surface area contributed by atoms with E-state index < -0.39 is 0 Å². The molecule has 1 fully saturated rings. The standard InChI is InChI=1S/C17H25NS2/c1-17(2)8-7-16(14-5-3-4-6-15(14)17)18-11-13-12-19-9-10-20-13/h3-6,13,16,18H,7-12H2,1-2H3. The predicted molar refractivity (Wildman–Crippen MR) is 93.0 cm³/mol. The summed E-state index contributed by atoms with van der Waals surface area (Å²) in [5.41, 5.74) is 3.43. The minimum atomic E-state index is 0.338. The average Bonchev–Trinajstić information content (AvgIpc) is 2.48. The van der Waals surface area contributed by atoms with Crippen molar-refractivity contribution in [2.45, 2.75) is 43.4 Å². The van der Waals surface area contributed by atoms with Crippen LogP contribution in [0.4, 0.5) is 0 Å². The van der Waals surface area contributed by atoms with Crippen molar-refractivity contribution < 1.29 is 0 Å². The van der Waals surface area contributed by atoms with E-state index in [1.807, 2.05) is 0 Å². The molecule has 1 saturated heterocycles. The van der Waals surface area contributed by atoms with Crippen molar-refractivity contribution in [3.8, 4) is 0 Å². The fourth-order valence-corrected chi connectivity index (χ4v) is 5.98. The Bertz CT molecular complexity index is 452. The Morgan fingerprint density at radius 3 is 2.90 bits per heavy atom. The van der Waals surface area contributed by atoms with Gasteiger partial charge >= 0.3 is 0 Å². The van der Waals surface area contributed by atoms with E-state index in [2.05, 4.69) is 67.0 Å². The first-order chi connectivity index (χ1) is 9.67. The van der Waals surface area contributed by atoms with Crippen molar-refractivity contribution >= 4 is 23.5 Å². The Hall–Kier alpha value is -0.120. The number of thioether (sulfide) groups is 2. The molecule has 0 radical (unpaired) electrons. The maximum atomic E-state index is 3.85. The molecule has 1 heterocycles. The molecule has 0 aromatic heterocycles. The Labute approximate surface area is 131 Å². The van der Waals surface area contributed by atoms with E-state index in [4.69, 9.17) is 0 Å². The number of fused-ring (bicyclic) bond motifs is 1. The number of nitrogens with one attached hydrogen (secondary N) is 1. The molecule has 0 spiro atoms. The van der Waals surface area contributed by atoms with Crippen molar-refractivity contribution in [2.75, 3.05) is 23.8 Å². The fraction of sp³-hybridized carbons (Fsp3) is 0.647. The van der Waals surface area contributed by atoms with Gasteiger partial charge in [0.15, 0.2) is 0 Å². The Morgan fingerprint density at radius 2 is 2.10 bits per heavy atom. The van der Waals surface area contributed by atoms with E-state index in [-0.39, 0.29) is 0 Å². The van der Waals surface area contributed by atoms with Gasteiger partial charge in [0.1, 0.15) is 0 Å². The first-order valence-corrected chi connectivity index (χ1v) is 9.89. The summed E-state index contributed by atoms with van der Waals surface area (Å²) in [5.74, 6) is 3.98. The van der Waals surface area contributed by atoms with Crippen molar-refractivity contribution in [3.05, 3.63) is 35.4 Å². The number of hydrogen-bond donors (Lipinski definition) is 1. The molecular formula is C17H25NS2. The van der Waals surface area contributed by atoms with Gasteiger partial charge in [0.25, 0.3) is 0 Å². The minimum absolute atomic E-state index is 0.338. The molecule has 2 aliphatic rings. The van der Waals surface area contributed by atoms with Crippen LogP contribution in [0.25, 0.3) is 0 Å². The average molecular weight is 308 g/mol. The third kappa shape index (κ3) is 3.20. The van der Waals surface area contributed by atoms with Gasteiger partial charge in [0, 0.05) is 35.1 Å². The van der Waals surface area contributed by atoms with Crippen LogP contribution in [-0.4, -0.2) is 29.1 Å². The molecule has 0 amide bonds. The van der Waals surface area contributed by atoms with Gasteiger partial charge in [-0.3, -0.25) is 0 Å². The fourth-order valence-electron chi connectivity index (χ4n) is 3.35. The molecular weight excluding hydrogens is 282 g/mol. The molecule has 1 aliphatic heterocycles. The Balaban J connectivity index is 1.68. The highest BCUT2D eigenvalue weighted by molar-refractivity contribution is 8.06. The van der Waals surface area contributed by atoms with E-state index in [1.54, 1.807) is 5.56 Å². The quantitative estimate of drug-likeness (QED) is 0.897. The maximum Gasteiger partial charge on any atom is 0.0323 e. The van der Waals surface area contributed by atoms with Crippen molar-refractivity contribution in [2.24, 2.45) is 0 Å². The highest BCUT2D eigenvalue weighted by Crippen LogP contribution is 2.41. The van der Waals surface area contributed by atoms with Gasteiger partial charge in [-0.25, -0.2) is 0 Å². The zero-order valence-corrected chi connectivity index (χ0v) is 14.2. The molecule has 1 N–H and O–H groups in total. The lowest BCUT2D eigenvalue weighted by molar-refractivity contribution is 0.360. The number of rotatable bonds is 3. The third-order valence-electron chi connectivity index (χ3n) is 4.60. The smallest absolute Gasteiger partial charge is 0.0323 e. The second-order valence-electron chi connectivity index (χ2n) is 6.54. The van der Waals surface area contributed by atoms with Crippen LogP contribution in [0.2, 0.25) is 0 Å². The summed E-state index contributed by atoms with van der Waals surface area (Å²) >= 11 is 4.26. The van der Waals surface area contributed by atoms with Crippen molar-refractivity contribution in [3.63, 3.8) is 0 Å². The van der Waals surface area contributed by atoms with Gasteiger partial charge in [-0.05, 0) is 29.4 Å². The summed E-state index contributed by atoms with van der Waals surface area (Å²) in [5, 5.41) is 4.65. The van der Waals surface area contributed by atoms with E-state index in [1.165, 1.54) is 35.7 Å². The topological polar surface area (TPSA) is 12.0 Å². The molecule has 110 valence electrons. The predicted octanol–water partition coefficient (Wildman–Crippen LogP) is 4.24. The monoisotopic (exact) mass is 307 g/mol. The molecule has 3 heteroatoms. The largest absolute Gasteiger partial charge is 0.309 e. The lowest BCUT2D eigenvalue weighted by Crippen LogP contribution is -2.36. The normalized spacial score (nSPS) is 28.9. The van der Waals surface area contributed by atoms with Gasteiger partial charge < -0.3 is 5.32 Å². The van der Waals surface area contributed by atoms with Crippen LogP contribution in [0.15, 0.2) is 24.3 Å². The molecule has 1 nitrogen and oxygen atoms in total. The van der Waals surface area contributed by atoms with Gasteiger partial charge in [-0.15, -0.1) is 0 Å². The Morgan fingerprint density at radius 1 is 1.25 bits per heavy atom. The molecule has 1 aromatic carbocycles. The van der Waals surface area contributed by atoms with Gasteiger partial charge in [-0.1, -0.05) is 38.1 Å². The molecule has 0 bridgehead atoms. The molecule has 20 heavy (non-hydrogen) atoms. The van der Waals surface area contributed by atoms with Crippen LogP contribution in [-0.2, 0) is 5.41 Å². The van der Waals surface area contributed by atoms with Crippen LogP contribution >= 0.6 is 23.5 Å². The SMILES string of the molecule is CC1(C)CCC(NCC2CSCCS2)c2ccccc21. The van der Waals surface area contributed by atoms with Crippen LogP contribution < -0.4 is 5.32 Å². The summed E-state index contributed by atoms with van der Waals surface area (Å²) in [6, 6.07) is 9.61. The first-order valence-electron chi connectivity index (χ1n) is 7.69. The van der Waals surface area contributed by atoms with E-state index in [9.17, 15) is 0 Å². The summed E-state index contributed by atoms with van der Waals surface area (Å²) in [6.07, 6.45) is 2.56. The summed E-state index contributed by atoms with van der Waals surface area (Å²) in [7, 11) is 0. The van der Waals surface area contributed by atoms with Crippen LogP contribution in [0.1, 0.15) is 43.9 Å². The van der Waals surface area contributed by atoms with E-state index in [0.717, 1.165) is 11.8 Å². The van der Waals surface area contributed by atoms with E-state index >= 15 is 0 Å². The molecule has 2 atom stereocenters. The second kappa shape index (κ2) is 6.33. The number of benzene rings is 1. The summed E-state index contributed by atoms with van der Waals surface area (Å²) < 4.78 is 0. The van der Waals surface area contributed by atoms with Crippen LogP contribution in [0.3, 0.4) is 0 Å². The van der Waals surface area contributed by atoms with Crippen molar-refractivity contribution in [1.29, 1.82) is 0 Å². The minimum Gasteiger partial charge on any atom is -0.309 e.